The van der Waals surface area contributed by atoms with Crippen molar-refractivity contribution in [2.45, 2.75) is 58.0 Å². The van der Waals surface area contributed by atoms with Crippen LogP contribution in [0.2, 0.25) is 0 Å². The number of hydrogen-bond donors (Lipinski definition) is 2. The van der Waals surface area contributed by atoms with Gasteiger partial charge in [0, 0.05) is 6.42 Å². The van der Waals surface area contributed by atoms with Crippen LogP contribution < -0.4 is 0 Å². The lowest BCUT2D eigenvalue weighted by atomic mass is 9.89. The molecule has 3 heteroatoms. The molecule has 0 aliphatic rings. The Balaban J connectivity index is 3.76. The van der Waals surface area contributed by atoms with Crippen molar-refractivity contribution in [2.24, 2.45) is 0 Å². The number of carboxylic acids is 1. The molecule has 0 rings (SSSR count). The number of carbonyl (C=O) groups is 1. The third-order valence-electron chi connectivity index (χ3n) is 2.41. The molecule has 0 aromatic heterocycles. The van der Waals surface area contributed by atoms with Crippen LogP contribution in [-0.2, 0) is 4.79 Å². The van der Waals surface area contributed by atoms with Crippen molar-refractivity contribution in [3.63, 3.8) is 0 Å². The summed E-state index contributed by atoms with van der Waals surface area (Å²) in [5.41, 5.74) is -0.635. The number of hydrogen-bond acceptors (Lipinski definition) is 2. The molecule has 1 atom stereocenters. The molecule has 0 amide bonds. The van der Waals surface area contributed by atoms with Gasteiger partial charge < -0.3 is 10.2 Å². The molecule has 0 aliphatic carbocycles. The van der Waals surface area contributed by atoms with Gasteiger partial charge in [0.1, 0.15) is 0 Å². The summed E-state index contributed by atoms with van der Waals surface area (Å²) >= 11 is 0. The first-order valence-electron chi connectivity index (χ1n) is 4.98. The Labute approximate surface area is 79.8 Å². The van der Waals surface area contributed by atoms with Gasteiger partial charge in [0.15, 0.2) is 0 Å². The molecule has 0 aliphatic heterocycles. The minimum atomic E-state index is -0.782. The summed E-state index contributed by atoms with van der Waals surface area (Å²) < 4.78 is 0. The summed E-state index contributed by atoms with van der Waals surface area (Å²) in [4.78, 5) is 10.2. The lowest BCUT2D eigenvalue weighted by Gasteiger charge is -2.25. The van der Waals surface area contributed by atoms with Gasteiger partial charge in [-0.1, -0.05) is 20.3 Å². The van der Waals surface area contributed by atoms with E-state index in [2.05, 4.69) is 0 Å². The highest BCUT2D eigenvalue weighted by Gasteiger charge is 2.22. The van der Waals surface area contributed by atoms with Gasteiger partial charge in [-0.3, -0.25) is 4.79 Å². The van der Waals surface area contributed by atoms with Crippen molar-refractivity contribution in [3.8, 4) is 0 Å². The summed E-state index contributed by atoms with van der Waals surface area (Å²) in [6, 6.07) is 0. The Kier molecular flexibility index (Phi) is 5.71. The number of aliphatic hydroxyl groups is 1. The minimum Gasteiger partial charge on any atom is -0.481 e. The van der Waals surface area contributed by atoms with Crippen LogP contribution in [0.15, 0.2) is 0 Å². The van der Waals surface area contributed by atoms with E-state index in [0.29, 0.717) is 19.3 Å². The molecule has 0 heterocycles. The molecule has 2 N–H and O–H groups in total. The molecule has 0 aromatic carbocycles. The summed E-state index contributed by atoms with van der Waals surface area (Å²) in [5.74, 6) is -0.782. The minimum absolute atomic E-state index is 0.159. The highest BCUT2D eigenvalue weighted by Crippen LogP contribution is 2.23. The molecule has 0 bridgehead atoms. The molecular formula is C10H20O3. The molecule has 0 aromatic rings. The third kappa shape index (κ3) is 5.64. The molecule has 13 heavy (non-hydrogen) atoms. The first-order chi connectivity index (χ1) is 6.04. The van der Waals surface area contributed by atoms with Crippen molar-refractivity contribution in [1.29, 1.82) is 0 Å². The van der Waals surface area contributed by atoms with Crippen LogP contribution in [0.25, 0.3) is 0 Å². The van der Waals surface area contributed by atoms with E-state index in [1.807, 2.05) is 13.8 Å². The lowest BCUT2D eigenvalue weighted by Crippen LogP contribution is -2.27. The van der Waals surface area contributed by atoms with Gasteiger partial charge in [0.2, 0.25) is 0 Å². The fraction of sp³-hybridized carbons (Fsp3) is 0.900. The van der Waals surface area contributed by atoms with Crippen molar-refractivity contribution in [1.82, 2.24) is 0 Å². The number of carboxylic acid groups (broad SMARTS) is 1. The van der Waals surface area contributed by atoms with Crippen LogP contribution in [0.4, 0.5) is 0 Å². The van der Waals surface area contributed by atoms with E-state index in [9.17, 15) is 9.90 Å². The predicted octanol–water partition coefficient (Wildman–Crippen LogP) is 2.18. The van der Waals surface area contributed by atoms with Crippen LogP contribution in [0, 0.1) is 0 Å². The topological polar surface area (TPSA) is 57.5 Å². The quantitative estimate of drug-likeness (QED) is 0.643. The molecule has 0 fully saturated rings. The Bertz CT molecular complexity index is 156. The highest BCUT2D eigenvalue weighted by atomic mass is 16.4. The maximum Gasteiger partial charge on any atom is 0.303 e. The molecule has 0 saturated heterocycles. The fourth-order valence-electron chi connectivity index (χ4n) is 1.51. The molecule has 0 spiro atoms. The Hall–Kier alpha value is -0.570. The van der Waals surface area contributed by atoms with E-state index in [1.54, 1.807) is 0 Å². The van der Waals surface area contributed by atoms with Crippen molar-refractivity contribution >= 4 is 5.97 Å². The van der Waals surface area contributed by atoms with E-state index in [-0.39, 0.29) is 6.42 Å². The first kappa shape index (κ1) is 12.4. The van der Waals surface area contributed by atoms with Gasteiger partial charge >= 0.3 is 5.97 Å². The fourth-order valence-corrected chi connectivity index (χ4v) is 1.51. The van der Waals surface area contributed by atoms with Gasteiger partial charge in [-0.15, -0.1) is 0 Å². The Morgan fingerprint density at radius 3 is 2.31 bits per heavy atom. The van der Waals surface area contributed by atoms with Gasteiger partial charge in [0.05, 0.1) is 5.60 Å². The second-order valence-electron chi connectivity index (χ2n) is 3.58. The highest BCUT2D eigenvalue weighted by molar-refractivity contribution is 5.66. The monoisotopic (exact) mass is 188 g/mol. The lowest BCUT2D eigenvalue weighted by molar-refractivity contribution is -0.137. The average Bonchev–Trinajstić information content (AvgIpc) is 2.04. The van der Waals surface area contributed by atoms with E-state index >= 15 is 0 Å². The first-order valence-corrected chi connectivity index (χ1v) is 4.98. The van der Waals surface area contributed by atoms with Crippen LogP contribution in [-0.4, -0.2) is 21.8 Å². The SMILES string of the molecule is CCCC(O)(CC)CCCC(=O)O. The number of rotatable bonds is 7. The maximum absolute atomic E-state index is 10.2. The van der Waals surface area contributed by atoms with Crippen molar-refractivity contribution in [2.75, 3.05) is 0 Å². The smallest absolute Gasteiger partial charge is 0.303 e. The van der Waals surface area contributed by atoms with E-state index < -0.39 is 11.6 Å². The van der Waals surface area contributed by atoms with Crippen LogP contribution in [0.1, 0.15) is 52.4 Å². The third-order valence-corrected chi connectivity index (χ3v) is 2.41. The normalized spacial score (nSPS) is 15.3. The summed E-state index contributed by atoms with van der Waals surface area (Å²) in [6.07, 6.45) is 3.75. The standard InChI is InChI=1S/C10H20O3/c1-3-7-10(13,4-2)8-5-6-9(11)12/h13H,3-8H2,1-2H3,(H,11,12). The predicted molar refractivity (Wildman–Crippen MR) is 51.6 cm³/mol. The molecule has 78 valence electrons. The number of aliphatic carboxylic acids is 1. The Morgan fingerprint density at radius 1 is 1.31 bits per heavy atom. The summed E-state index contributed by atoms with van der Waals surface area (Å²) in [6.45, 7) is 3.97. The van der Waals surface area contributed by atoms with Crippen LogP contribution >= 0.6 is 0 Å². The average molecular weight is 188 g/mol. The molecular weight excluding hydrogens is 168 g/mol. The molecule has 0 saturated carbocycles. The van der Waals surface area contributed by atoms with Gasteiger partial charge in [0.25, 0.3) is 0 Å². The van der Waals surface area contributed by atoms with E-state index in [0.717, 1.165) is 12.8 Å². The zero-order chi connectivity index (χ0) is 10.3. The van der Waals surface area contributed by atoms with Crippen LogP contribution in [0.5, 0.6) is 0 Å². The summed E-state index contributed by atoms with van der Waals surface area (Å²) in [7, 11) is 0. The second kappa shape index (κ2) is 5.97. The van der Waals surface area contributed by atoms with Gasteiger partial charge in [-0.05, 0) is 25.7 Å². The van der Waals surface area contributed by atoms with Gasteiger partial charge in [-0.25, -0.2) is 0 Å². The largest absolute Gasteiger partial charge is 0.481 e. The zero-order valence-corrected chi connectivity index (χ0v) is 8.55. The van der Waals surface area contributed by atoms with Crippen molar-refractivity contribution in [3.05, 3.63) is 0 Å². The molecule has 1 unspecified atom stereocenters. The van der Waals surface area contributed by atoms with Crippen molar-refractivity contribution < 1.29 is 15.0 Å². The van der Waals surface area contributed by atoms with Gasteiger partial charge in [-0.2, -0.15) is 0 Å². The van der Waals surface area contributed by atoms with E-state index in [4.69, 9.17) is 5.11 Å². The Morgan fingerprint density at radius 2 is 1.92 bits per heavy atom. The van der Waals surface area contributed by atoms with E-state index in [1.165, 1.54) is 0 Å². The second-order valence-corrected chi connectivity index (χ2v) is 3.58. The molecule has 0 radical (unpaired) electrons. The molecule has 3 nitrogen and oxygen atoms in total. The maximum atomic E-state index is 10.2. The zero-order valence-electron chi connectivity index (χ0n) is 8.55. The summed E-state index contributed by atoms with van der Waals surface area (Å²) in [5, 5.41) is 18.4. The van der Waals surface area contributed by atoms with Crippen LogP contribution in [0.3, 0.4) is 0 Å².